The van der Waals surface area contributed by atoms with E-state index in [1.165, 1.54) is 29.7 Å². The molecule has 6 heteroatoms. The Bertz CT molecular complexity index is 889. The van der Waals surface area contributed by atoms with Gasteiger partial charge in [-0.25, -0.2) is 9.97 Å². The highest BCUT2D eigenvalue weighted by Crippen LogP contribution is 2.35. The number of hydrogen-bond acceptors (Lipinski definition) is 6. The lowest BCUT2D eigenvalue weighted by molar-refractivity contribution is 0.354. The van der Waals surface area contributed by atoms with Gasteiger partial charge in [0.2, 0.25) is 0 Å². The number of aryl methyl sites for hydroxylation is 2. The van der Waals surface area contributed by atoms with Crippen LogP contribution >= 0.6 is 23.1 Å². The number of thiazole rings is 1. The van der Waals surface area contributed by atoms with Gasteiger partial charge in [0.15, 0.2) is 5.13 Å². The van der Waals surface area contributed by atoms with E-state index in [4.69, 9.17) is 4.98 Å². The second-order valence-electron chi connectivity index (χ2n) is 7.26. The van der Waals surface area contributed by atoms with Crippen LogP contribution in [0.25, 0.3) is 0 Å². The zero-order chi connectivity index (χ0) is 19.2. The number of pyridine rings is 1. The van der Waals surface area contributed by atoms with Gasteiger partial charge in [0.25, 0.3) is 0 Å². The maximum atomic E-state index is 4.77. The number of aromatic nitrogens is 2. The van der Waals surface area contributed by atoms with Crippen LogP contribution in [0.3, 0.4) is 0 Å². The molecule has 28 heavy (non-hydrogen) atoms. The normalized spacial score (nSPS) is 14.9. The summed E-state index contributed by atoms with van der Waals surface area (Å²) in [6, 6.07) is 12.8. The molecule has 0 aliphatic carbocycles. The van der Waals surface area contributed by atoms with Crippen molar-refractivity contribution >= 4 is 34.0 Å². The average molecular weight is 411 g/mol. The summed E-state index contributed by atoms with van der Waals surface area (Å²) in [7, 11) is 0. The Labute approximate surface area is 175 Å². The summed E-state index contributed by atoms with van der Waals surface area (Å²) in [6.07, 6.45) is 6.96. The van der Waals surface area contributed by atoms with Crippen molar-refractivity contribution in [1.29, 1.82) is 0 Å². The molecule has 0 unspecified atom stereocenters. The fraction of sp³-hybridized carbons (Fsp3) is 0.364. The molecule has 0 spiro atoms. The maximum Gasteiger partial charge on any atom is 0.188 e. The Morgan fingerprint density at radius 3 is 2.79 bits per heavy atom. The van der Waals surface area contributed by atoms with E-state index >= 15 is 0 Å². The Morgan fingerprint density at radius 2 is 2.04 bits per heavy atom. The number of piperidine rings is 1. The molecule has 1 fully saturated rings. The number of benzene rings is 1. The van der Waals surface area contributed by atoms with Crippen LogP contribution in [0, 0.1) is 12.8 Å². The number of nitrogens with zero attached hydrogens (tertiary/aromatic N) is 2. The van der Waals surface area contributed by atoms with E-state index in [1.54, 1.807) is 23.1 Å². The first kappa shape index (κ1) is 19.4. The van der Waals surface area contributed by atoms with Gasteiger partial charge in [-0.2, -0.15) is 0 Å². The summed E-state index contributed by atoms with van der Waals surface area (Å²) in [6.45, 7) is 4.33. The van der Waals surface area contributed by atoms with Gasteiger partial charge in [-0.05, 0) is 75.4 Å². The topological polar surface area (TPSA) is 49.8 Å². The molecule has 1 aliphatic rings. The van der Waals surface area contributed by atoms with Crippen molar-refractivity contribution < 1.29 is 0 Å². The first-order valence-electron chi connectivity index (χ1n) is 9.88. The van der Waals surface area contributed by atoms with Gasteiger partial charge in [-0.15, -0.1) is 11.3 Å². The van der Waals surface area contributed by atoms with Gasteiger partial charge < -0.3 is 10.6 Å². The van der Waals surface area contributed by atoms with Crippen LogP contribution in [0.2, 0.25) is 0 Å². The third kappa shape index (κ3) is 5.34. The molecular weight excluding hydrogens is 384 g/mol. The molecule has 0 amide bonds. The molecule has 4 nitrogen and oxygen atoms in total. The van der Waals surface area contributed by atoms with Gasteiger partial charge in [0.05, 0.1) is 10.6 Å². The second-order valence-corrected chi connectivity index (χ2v) is 9.23. The van der Waals surface area contributed by atoms with Gasteiger partial charge in [-0.3, -0.25) is 0 Å². The first-order chi connectivity index (χ1) is 13.8. The third-order valence-electron chi connectivity index (χ3n) is 5.02. The first-order valence-corrected chi connectivity index (χ1v) is 11.6. The number of anilines is 2. The molecule has 0 atom stereocenters. The van der Waals surface area contributed by atoms with E-state index in [0.29, 0.717) is 0 Å². The molecule has 3 aromatic rings. The van der Waals surface area contributed by atoms with Gasteiger partial charge in [0.1, 0.15) is 5.82 Å². The van der Waals surface area contributed by atoms with E-state index in [2.05, 4.69) is 57.4 Å². The van der Waals surface area contributed by atoms with E-state index in [0.717, 1.165) is 47.0 Å². The molecule has 4 rings (SSSR count). The van der Waals surface area contributed by atoms with Crippen LogP contribution in [0.5, 0.6) is 0 Å². The van der Waals surface area contributed by atoms with Crippen LogP contribution in [-0.4, -0.2) is 23.1 Å². The van der Waals surface area contributed by atoms with Gasteiger partial charge >= 0.3 is 0 Å². The maximum absolute atomic E-state index is 4.77. The summed E-state index contributed by atoms with van der Waals surface area (Å²) in [5.41, 5.74) is 2.35. The Morgan fingerprint density at radius 1 is 1.21 bits per heavy atom. The number of rotatable bonds is 7. The minimum atomic E-state index is 0.836. The van der Waals surface area contributed by atoms with Crippen molar-refractivity contribution in [2.75, 3.05) is 18.4 Å². The van der Waals surface area contributed by atoms with E-state index in [1.807, 2.05) is 13.1 Å². The van der Waals surface area contributed by atoms with Crippen LogP contribution in [0.1, 0.15) is 30.5 Å². The molecule has 1 saturated heterocycles. The number of nitrogens with one attached hydrogen (secondary N) is 2. The van der Waals surface area contributed by atoms with E-state index < -0.39 is 0 Å². The van der Waals surface area contributed by atoms with Crippen LogP contribution in [-0.2, 0) is 6.42 Å². The van der Waals surface area contributed by atoms with Gasteiger partial charge in [0, 0.05) is 16.5 Å². The quantitative estimate of drug-likeness (QED) is 0.525. The van der Waals surface area contributed by atoms with Crippen molar-refractivity contribution in [3.63, 3.8) is 0 Å². The fourth-order valence-corrected chi connectivity index (χ4v) is 5.11. The van der Waals surface area contributed by atoms with Crippen molar-refractivity contribution in [3.05, 3.63) is 59.2 Å². The SMILES string of the molecule is Cc1csc(Nc2ncc(CCC3CCNCC3)cc2Sc2ccccc2)n1. The summed E-state index contributed by atoms with van der Waals surface area (Å²) >= 11 is 3.37. The van der Waals surface area contributed by atoms with Crippen molar-refractivity contribution in [1.82, 2.24) is 15.3 Å². The lowest BCUT2D eigenvalue weighted by Crippen LogP contribution is -2.27. The molecule has 3 heterocycles. The van der Waals surface area contributed by atoms with Crippen LogP contribution < -0.4 is 10.6 Å². The number of hydrogen-bond donors (Lipinski definition) is 2. The monoisotopic (exact) mass is 410 g/mol. The highest BCUT2D eigenvalue weighted by Gasteiger charge is 2.14. The second kappa shape index (κ2) is 9.54. The van der Waals surface area contributed by atoms with Crippen molar-refractivity contribution in [3.8, 4) is 0 Å². The molecule has 1 aliphatic heterocycles. The van der Waals surface area contributed by atoms with Crippen molar-refractivity contribution in [2.24, 2.45) is 5.92 Å². The largest absolute Gasteiger partial charge is 0.317 e. The Hall–Kier alpha value is -1.89. The summed E-state index contributed by atoms with van der Waals surface area (Å²) in [5.74, 6) is 1.72. The molecular formula is C22H26N4S2. The smallest absolute Gasteiger partial charge is 0.188 e. The lowest BCUT2D eigenvalue weighted by atomic mass is 9.92. The van der Waals surface area contributed by atoms with E-state index in [9.17, 15) is 0 Å². The molecule has 1 aromatic carbocycles. The third-order valence-corrected chi connectivity index (χ3v) is 6.94. The molecule has 146 valence electrons. The van der Waals surface area contributed by atoms with Crippen LogP contribution in [0.15, 0.2) is 57.8 Å². The van der Waals surface area contributed by atoms with Gasteiger partial charge in [-0.1, -0.05) is 30.0 Å². The molecule has 0 bridgehead atoms. The molecule has 2 N–H and O–H groups in total. The fourth-order valence-electron chi connectivity index (χ4n) is 3.46. The molecule has 0 saturated carbocycles. The molecule has 0 radical (unpaired) electrons. The molecule has 2 aromatic heterocycles. The van der Waals surface area contributed by atoms with Crippen LogP contribution in [0.4, 0.5) is 10.9 Å². The lowest BCUT2D eigenvalue weighted by Gasteiger charge is -2.22. The minimum absolute atomic E-state index is 0.836. The zero-order valence-corrected chi connectivity index (χ0v) is 17.8. The zero-order valence-electron chi connectivity index (χ0n) is 16.1. The predicted molar refractivity (Wildman–Crippen MR) is 119 cm³/mol. The highest BCUT2D eigenvalue weighted by molar-refractivity contribution is 7.99. The minimum Gasteiger partial charge on any atom is -0.317 e. The van der Waals surface area contributed by atoms with E-state index in [-0.39, 0.29) is 0 Å². The summed E-state index contributed by atoms with van der Waals surface area (Å²) in [5, 5.41) is 9.81. The summed E-state index contributed by atoms with van der Waals surface area (Å²) in [4.78, 5) is 11.7. The Kier molecular flexibility index (Phi) is 6.62. The highest BCUT2D eigenvalue weighted by atomic mass is 32.2. The standard InChI is InChI=1S/C22H26N4S2/c1-16-15-27-22(25-16)26-21-20(28-19-5-3-2-4-6-19)13-18(14-24-21)8-7-17-9-11-23-12-10-17/h2-6,13-15,17,23H,7-12H2,1H3,(H,24,25,26). The Balaban J connectivity index is 1.52. The van der Waals surface area contributed by atoms with Crippen molar-refractivity contribution in [2.45, 2.75) is 42.4 Å². The predicted octanol–water partition coefficient (Wildman–Crippen LogP) is 5.67. The summed E-state index contributed by atoms with van der Waals surface area (Å²) < 4.78 is 0. The average Bonchev–Trinajstić information content (AvgIpc) is 3.14.